The van der Waals surface area contributed by atoms with Crippen molar-refractivity contribution in [3.63, 3.8) is 0 Å². The molecule has 0 saturated heterocycles. The second-order valence-corrected chi connectivity index (χ2v) is 4.86. The molecule has 1 aromatic carbocycles. The maximum atomic E-state index is 8.96. The number of unbranched alkanes of at least 4 members (excludes halogenated alkanes) is 2. The van der Waals surface area contributed by atoms with Crippen LogP contribution in [-0.2, 0) is 0 Å². The zero-order valence-corrected chi connectivity index (χ0v) is 12.7. The number of benzene rings is 1. The number of rotatable bonds is 8. The van der Waals surface area contributed by atoms with Crippen LogP contribution >= 0.6 is 0 Å². The molecule has 0 aliphatic heterocycles. The lowest BCUT2D eigenvalue weighted by Crippen LogP contribution is -2.02. The zero-order chi connectivity index (χ0) is 16.3. The summed E-state index contributed by atoms with van der Waals surface area (Å²) in [6.07, 6.45) is 4.33. The molecule has 1 heterocycles. The number of pyridine rings is 1. The van der Waals surface area contributed by atoms with Crippen LogP contribution in [0.3, 0.4) is 0 Å². The first-order valence-corrected chi connectivity index (χ1v) is 7.44. The predicted octanol–water partition coefficient (Wildman–Crippen LogP) is 3.45. The van der Waals surface area contributed by atoms with Gasteiger partial charge in [0.1, 0.15) is 29.3 Å². The first kappa shape index (κ1) is 16.3. The third kappa shape index (κ3) is 5.33. The minimum Gasteiger partial charge on any atom is -0.492 e. The van der Waals surface area contributed by atoms with Crippen LogP contribution in [0.1, 0.15) is 30.5 Å². The molecule has 0 unspecified atom stereocenters. The third-order valence-corrected chi connectivity index (χ3v) is 3.17. The predicted molar refractivity (Wildman–Crippen MR) is 85.0 cm³/mol. The molecule has 0 aliphatic carbocycles. The summed E-state index contributed by atoms with van der Waals surface area (Å²) in [5, 5.41) is 17.6. The molecule has 5 nitrogen and oxygen atoms in total. The Morgan fingerprint density at radius 1 is 0.870 bits per heavy atom. The van der Waals surface area contributed by atoms with E-state index in [1.807, 2.05) is 18.2 Å². The summed E-state index contributed by atoms with van der Waals surface area (Å²) in [4.78, 5) is 3.94. The molecule has 5 heteroatoms. The van der Waals surface area contributed by atoms with Gasteiger partial charge in [-0.15, -0.1) is 0 Å². The van der Waals surface area contributed by atoms with E-state index in [1.165, 1.54) is 0 Å². The van der Waals surface area contributed by atoms with Gasteiger partial charge in [0.25, 0.3) is 0 Å². The zero-order valence-electron chi connectivity index (χ0n) is 12.7. The summed E-state index contributed by atoms with van der Waals surface area (Å²) in [6, 6.07) is 14.7. The molecule has 0 atom stereocenters. The molecule has 0 N–H and O–H groups in total. The molecule has 0 amide bonds. The molecule has 0 radical (unpaired) electrons. The van der Waals surface area contributed by atoms with Crippen molar-refractivity contribution in [3.8, 4) is 23.6 Å². The summed E-state index contributed by atoms with van der Waals surface area (Å²) in [7, 11) is 0. The molecule has 0 spiro atoms. The van der Waals surface area contributed by atoms with E-state index in [9.17, 15) is 0 Å². The fourth-order valence-electron chi connectivity index (χ4n) is 1.97. The van der Waals surface area contributed by atoms with Gasteiger partial charge >= 0.3 is 0 Å². The van der Waals surface area contributed by atoms with Gasteiger partial charge in [-0.2, -0.15) is 10.5 Å². The summed E-state index contributed by atoms with van der Waals surface area (Å²) in [6.45, 7) is 1.18. The highest BCUT2D eigenvalue weighted by Gasteiger charge is 2.01. The van der Waals surface area contributed by atoms with Gasteiger partial charge in [-0.05, 0) is 43.5 Å². The van der Waals surface area contributed by atoms with Gasteiger partial charge in [0.15, 0.2) is 0 Å². The molecule has 116 valence electrons. The monoisotopic (exact) mass is 307 g/mol. The van der Waals surface area contributed by atoms with Crippen LogP contribution in [0.25, 0.3) is 0 Å². The van der Waals surface area contributed by atoms with Gasteiger partial charge in [0.2, 0.25) is 0 Å². The van der Waals surface area contributed by atoms with Crippen LogP contribution in [0.2, 0.25) is 0 Å². The van der Waals surface area contributed by atoms with Crippen molar-refractivity contribution < 1.29 is 9.47 Å². The summed E-state index contributed by atoms with van der Waals surface area (Å²) in [5.41, 5.74) is 0.941. The standard InChI is InChI=1S/C18H17N3O2/c19-12-15-6-2-3-7-18(15)23-11-5-1-4-10-22-17-9-8-16(13-20)21-14-17/h2-3,6-9,14H,1,4-5,10-11H2. The van der Waals surface area contributed by atoms with Crippen molar-refractivity contribution in [2.45, 2.75) is 19.3 Å². The normalized spacial score (nSPS) is 9.65. The molecular weight excluding hydrogens is 290 g/mol. The van der Waals surface area contributed by atoms with Crippen molar-refractivity contribution in [1.82, 2.24) is 4.98 Å². The molecule has 1 aromatic heterocycles. The molecule has 2 rings (SSSR count). The van der Waals surface area contributed by atoms with E-state index in [1.54, 1.807) is 30.5 Å². The molecular formula is C18H17N3O2. The Labute approximate surface area is 135 Å². The Kier molecular flexibility index (Phi) is 6.43. The van der Waals surface area contributed by atoms with E-state index in [0.29, 0.717) is 36.0 Å². The number of para-hydroxylation sites is 1. The smallest absolute Gasteiger partial charge is 0.140 e. The van der Waals surface area contributed by atoms with Gasteiger partial charge in [-0.3, -0.25) is 0 Å². The Bertz CT molecular complexity index is 699. The Morgan fingerprint density at radius 3 is 2.35 bits per heavy atom. The highest BCUT2D eigenvalue weighted by atomic mass is 16.5. The highest BCUT2D eigenvalue weighted by Crippen LogP contribution is 2.17. The molecule has 0 saturated carbocycles. The summed E-state index contributed by atoms with van der Waals surface area (Å²) in [5.74, 6) is 1.30. The molecule has 0 fully saturated rings. The highest BCUT2D eigenvalue weighted by molar-refractivity contribution is 5.42. The van der Waals surface area contributed by atoms with Crippen LogP contribution in [0.5, 0.6) is 11.5 Å². The SMILES string of the molecule is N#Cc1ccc(OCCCCCOc2ccccc2C#N)cn1. The van der Waals surface area contributed by atoms with E-state index in [-0.39, 0.29) is 0 Å². The van der Waals surface area contributed by atoms with Crippen molar-refractivity contribution >= 4 is 0 Å². The van der Waals surface area contributed by atoms with Crippen LogP contribution in [-0.4, -0.2) is 18.2 Å². The largest absolute Gasteiger partial charge is 0.492 e. The average molecular weight is 307 g/mol. The van der Waals surface area contributed by atoms with Crippen LogP contribution < -0.4 is 9.47 Å². The molecule has 0 bridgehead atoms. The fraction of sp³-hybridized carbons (Fsp3) is 0.278. The number of aromatic nitrogens is 1. The number of nitriles is 2. The van der Waals surface area contributed by atoms with Gasteiger partial charge in [-0.1, -0.05) is 12.1 Å². The van der Waals surface area contributed by atoms with Crippen molar-refractivity contribution in [1.29, 1.82) is 10.5 Å². The number of hydrogen-bond acceptors (Lipinski definition) is 5. The van der Waals surface area contributed by atoms with E-state index in [4.69, 9.17) is 20.0 Å². The van der Waals surface area contributed by atoms with Crippen molar-refractivity contribution in [3.05, 3.63) is 53.9 Å². The number of nitrogens with zero attached hydrogens (tertiary/aromatic N) is 3. The van der Waals surface area contributed by atoms with Crippen molar-refractivity contribution in [2.75, 3.05) is 13.2 Å². The van der Waals surface area contributed by atoms with Gasteiger partial charge in [0, 0.05) is 0 Å². The topological polar surface area (TPSA) is 78.9 Å². The lowest BCUT2D eigenvalue weighted by molar-refractivity contribution is 0.278. The summed E-state index contributed by atoms with van der Waals surface area (Å²) >= 11 is 0. The Balaban J connectivity index is 1.59. The average Bonchev–Trinajstić information content (AvgIpc) is 2.61. The van der Waals surface area contributed by atoms with E-state index in [0.717, 1.165) is 19.3 Å². The number of hydrogen-bond donors (Lipinski definition) is 0. The minimum atomic E-state index is 0.382. The lowest BCUT2D eigenvalue weighted by atomic mass is 10.2. The third-order valence-electron chi connectivity index (χ3n) is 3.17. The van der Waals surface area contributed by atoms with Gasteiger partial charge in [0.05, 0.1) is 25.0 Å². The van der Waals surface area contributed by atoms with Gasteiger partial charge < -0.3 is 9.47 Å². The quantitative estimate of drug-likeness (QED) is 0.698. The molecule has 0 aliphatic rings. The van der Waals surface area contributed by atoms with Crippen LogP contribution in [0.15, 0.2) is 42.6 Å². The summed E-state index contributed by atoms with van der Waals surface area (Å²) < 4.78 is 11.2. The van der Waals surface area contributed by atoms with Crippen molar-refractivity contribution in [2.24, 2.45) is 0 Å². The maximum Gasteiger partial charge on any atom is 0.140 e. The second kappa shape index (κ2) is 9.07. The van der Waals surface area contributed by atoms with E-state index in [2.05, 4.69) is 11.1 Å². The Hall–Kier alpha value is -3.05. The van der Waals surface area contributed by atoms with Crippen LogP contribution in [0.4, 0.5) is 0 Å². The van der Waals surface area contributed by atoms with Crippen LogP contribution in [0, 0.1) is 22.7 Å². The molecule has 23 heavy (non-hydrogen) atoms. The Morgan fingerprint density at radius 2 is 1.65 bits per heavy atom. The second-order valence-electron chi connectivity index (χ2n) is 4.86. The first-order chi connectivity index (χ1) is 11.3. The van der Waals surface area contributed by atoms with E-state index >= 15 is 0 Å². The van der Waals surface area contributed by atoms with Gasteiger partial charge in [-0.25, -0.2) is 4.98 Å². The lowest BCUT2D eigenvalue weighted by Gasteiger charge is -2.08. The number of ether oxygens (including phenoxy) is 2. The fourth-order valence-corrected chi connectivity index (χ4v) is 1.97. The van der Waals surface area contributed by atoms with E-state index < -0.39 is 0 Å². The maximum absolute atomic E-state index is 8.96. The molecule has 2 aromatic rings. The first-order valence-electron chi connectivity index (χ1n) is 7.44. The minimum absolute atomic E-state index is 0.382.